The van der Waals surface area contributed by atoms with E-state index in [1.165, 1.54) is 0 Å². The van der Waals surface area contributed by atoms with Gasteiger partial charge in [-0.25, -0.2) is 4.79 Å². The summed E-state index contributed by atoms with van der Waals surface area (Å²) in [7, 11) is 0. The Kier molecular flexibility index (Phi) is 3.54. The maximum atomic E-state index is 12.1. The van der Waals surface area contributed by atoms with Crippen LogP contribution in [0.25, 0.3) is 11.0 Å². The van der Waals surface area contributed by atoms with Gasteiger partial charge in [-0.2, -0.15) is 0 Å². The number of esters is 1. The molecule has 0 N–H and O–H groups in total. The van der Waals surface area contributed by atoms with E-state index in [0.29, 0.717) is 5.58 Å². The normalized spacial score (nSPS) is 21.2. The first kappa shape index (κ1) is 14.5. The van der Waals surface area contributed by atoms with Crippen molar-refractivity contribution in [3.8, 4) is 0 Å². The van der Waals surface area contributed by atoms with Gasteiger partial charge < -0.3 is 13.9 Å². The molecule has 1 aliphatic heterocycles. The van der Waals surface area contributed by atoms with Crippen molar-refractivity contribution in [2.24, 2.45) is 5.92 Å². The highest BCUT2D eigenvalue weighted by Crippen LogP contribution is 2.28. The van der Waals surface area contributed by atoms with Gasteiger partial charge >= 0.3 is 5.97 Å². The fraction of sp³-hybridized carbons (Fsp3) is 0.158. The Morgan fingerprint density at radius 3 is 2.79 bits per heavy atom. The lowest BCUT2D eigenvalue weighted by Crippen LogP contribution is -2.18. The number of furan rings is 1. The number of ketones is 1. The van der Waals surface area contributed by atoms with Gasteiger partial charge in [0.15, 0.2) is 12.4 Å². The third-order valence-electron chi connectivity index (χ3n) is 3.97. The van der Waals surface area contributed by atoms with Gasteiger partial charge in [-0.1, -0.05) is 36.4 Å². The number of para-hydroxylation sites is 1. The van der Waals surface area contributed by atoms with Crippen molar-refractivity contribution in [3.63, 3.8) is 0 Å². The van der Waals surface area contributed by atoms with Crippen molar-refractivity contribution < 1.29 is 23.5 Å². The van der Waals surface area contributed by atoms with E-state index in [9.17, 15) is 9.59 Å². The quantitative estimate of drug-likeness (QED) is 0.809. The smallest absolute Gasteiger partial charge is 0.374 e. The monoisotopic (exact) mass is 322 g/mol. The number of benzene rings is 1. The summed E-state index contributed by atoms with van der Waals surface area (Å²) in [4.78, 5) is 24.2. The number of fused-ring (bicyclic) bond motifs is 2. The number of Topliss-reactive ketones (excluding diaryl/α,β-unsaturated/α-hetero) is 1. The molecule has 0 amide bonds. The van der Waals surface area contributed by atoms with Crippen LogP contribution in [0, 0.1) is 5.92 Å². The predicted molar refractivity (Wildman–Crippen MR) is 86.2 cm³/mol. The van der Waals surface area contributed by atoms with Crippen molar-refractivity contribution in [1.29, 1.82) is 0 Å². The van der Waals surface area contributed by atoms with Crippen molar-refractivity contribution in [3.05, 3.63) is 72.2 Å². The van der Waals surface area contributed by atoms with Gasteiger partial charge in [-0.3, -0.25) is 4.79 Å². The summed E-state index contributed by atoms with van der Waals surface area (Å²) < 4.78 is 16.0. The fourth-order valence-corrected chi connectivity index (χ4v) is 2.75. The first-order chi connectivity index (χ1) is 11.7. The van der Waals surface area contributed by atoms with Crippen molar-refractivity contribution >= 4 is 22.7 Å². The highest BCUT2D eigenvalue weighted by Gasteiger charge is 2.30. The molecule has 5 nitrogen and oxygen atoms in total. The van der Waals surface area contributed by atoms with Crippen LogP contribution in [0.5, 0.6) is 0 Å². The maximum Gasteiger partial charge on any atom is 0.374 e. The zero-order valence-corrected chi connectivity index (χ0v) is 12.7. The van der Waals surface area contributed by atoms with Crippen molar-refractivity contribution in [2.45, 2.75) is 6.10 Å². The average molecular weight is 322 g/mol. The van der Waals surface area contributed by atoms with Crippen LogP contribution < -0.4 is 0 Å². The number of carbonyl (C=O) groups excluding carboxylic acids is 2. The number of allylic oxidation sites excluding steroid dienone is 2. The minimum atomic E-state index is -0.671. The lowest BCUT2D eigenvalue weighted by molar-refractivity contribution is -0.122. The molecular formula is C19H14O5. The fourth-order valence-electron chi connectivity index (χ4n) is 2.75. The van der Waals surface area contributed by atoms with Crippen LogP contribution in [0.15, 0.2) is 70.9 Å². The molecule has 5 heteroatoms. The zero-order chi connectivity index (χ0) is 16.5. The Bertz CT molecular complexity index is 866. The highest BCUT2D eigenvalue weighted by atomic mass is 16.6. The average Bonchev–Trinajstić information content (AvgIpc) is 3.23. The Labute approximate surface area is 137 Å². The number of carbonyl (C=O) groups is 2. The molecule has 0 saturated heterocycles. The summed E-state index contributed by atoms with van der Waals surface area (Å²) in [6.45, 7) is -0.380. The Balaban J connectivity index is 1.39. The Hall–Kier alpha value is -3.08. The molecule has 2 aliphatic rings. The zero-order valence-electron chi connectivity index (χ0n) is 12.7. The molecule has 4 rings (SSSR count). The molecule has 1 aromatic carbocycles. The minimum absolute atomic E-state index is 0.0556. The standard InChI is InChI=1S/C19H14O5/c20-14(17-9-12-5-1-3-7-15(12)23-17)11-22-19(21)18-10-13-6-2-4-8-16(13)24-18/h1-10,12,15H,11H2/t12-,15-/m0/s1. The van der Waals surface area contributed by atoms with E-state index in [1.54, 1.807) is 18.2 Å². The van der Waals surface area contributed by atoms with Gasteiger partial charge in [0.05, 0.1) is 0 Å². The molecule has 0 bridgehead atoms. The van der Waals surface area contributed by atoms with Crippen LogP contribution in [0.3, 0.4) is 0 Å². The molecular weight excluding hydrogens is 308 g/mol. The van der Waals surface area contributed by atoms with Crippen LogP contribution in [0.2, 0.25) is 0 Å². The molecule has 0 radical (unpaired) electrons. The summed E-state index contributed by atoms with van der Waals surface area (Å²) in [6, 6.07) is 8.86. The van der Waals surface area contributed by atoms with Crippen LogP contribution in [-0.2, 0) is 14.3 Å². The second-order valence-electron chi connectivity index (χ2n) is 5.61. The van der Waals surface area contributed by atoms with Crippen molar-refractivity contribution in [1.82, 2.24) is 0 Å². The number of hydrogen-bond acceptors (Lipinski definition) is 5. The van der Waals surface area contributed by atoms with E-state index in [1.807, 2.05) is 42.5 Å². The summed E-state index contributed by atoms with van der Waals surface area (Å²) in [5.41, 5.74) is 0.597. The van der Waals surface area contributed by atoms with E-state index in [4.69, 9.17) is 13.9 Å². The largest absolute Gasteiger partial charge is 0.482 e. The van der Waals surface area contributed by atoms with Gasteiger partial charge in [0.25, 0.3) is 0 Å². The molecule has 1 aliphatic carbocycles. The second-order valence-corrected chi connectivity index (χ2v) is 5.61. The van der Waals surface area contributed by atoms with E-state index in [0.717, 1.165) is 5.39 Å². The minimum Gasteiger partial charge on any atom is -0.482 e. The summed E-state index contributed by atoms with van der Waals surface area (Å²) in [6.07, 6.45) is 9.25. The summed E-state index contributed by atoms with van der Waals surface area (Å²) in [5.74, 6) is -0.672. The lowest BCUT2D eigenvalue weighted by Gasteiger charge is -2.14. The summed E-state index contributed by atoms with van der Waals surface area (Å²) in [5, 5.41) is 0.806. The van der Waals surface area contributed by atoms with Crippen molar-refractivity contribution in [2.75, 3.05) is 6.61 Å². The SMILES string of the molecule is O=C(COC(=O)c1cc2ccccc2o1)C1=C[C@@H]2C=CC=C[C@@H]2O1. The second kappa shape index (κ2) is 5.85. The molecule has 0 saturated carbocycles. The van der Waals surface area contributed by atoms with Gasteiger partial charge in [0.2, 0.25) is 11.5 Å². The lowest BCUT2D eigenvalue weighted by atomic mass is 9.99. The third kappa shape index (κ3) is 2.65. The molecule has 1 aromatic heterocycles. The Morgan fingerprint density at radius 2 is 1.96 bits per heavy atom. The predicted octanol–water partition coefficient (Wildman–Crippen LogP) is 3.18. The van der Waals surface area contributed by atoms with E-state index in [2.05, 4.69) is 0 Å². The molecule has 2 heterocycles. The van der Waals surface area contributed by atoms with Crippen LogP contribution >= 0.6 is 0 Å². The van der Waals surface area contributed by atoms with Crippen LogP contribution in [-0.4, -0.2) is 24.5 Å². The molecule has 2 atom stereocenters. The first-order valence-corrected chi connectivity index (χ1v) is 7.63. The van der Waals surface area contributed by atoms with E-state index in [-0.39, 0.29) is 35.9 Å². The number of ether oxygens (including phenoxy) is 2. The number of hydrogen-bond donors (Lipinski definition) is 0. The van der Waals surface area contributed by atoms with Crippen LogP contribution in [0.1, 0.15) is 10.6 Å². The molecule has 0 fully saturated rings. The van der Waals surface area contributed by atoms with Gasteiger partial charge in [0, 0.05) is 11.3 Å². The molecule has 0 spiro atoms. The topological polar surface area (TPSA) is 65.7 Å². The molecule has 2 aromatic rings. The van der Waals surface area contributed by atoms with Gasteiger partial charge in [0.1, 0.15) is 11.7 Å². The van der Waals surface area contributed by atoms with E-state index < -0.39 is 5.97 Å². The van der Waals surface area contributed by atoms with Crippen LogP contribution in [0.4, 0.5) is 0 Å². The molecule has 0 unspecified atom stereocenters. The first-order valence-electron chi connectivity index (χ1n) is 7.63. The third-order valence-corrected chi connectivity index (χ3v) is 3.97. The molecule has 120 valence electrons. The highest BCUT2D eigenvalue weighted by molar-refractivity contribution is 5.98. The van der Waals surface area contributed by atoms with Gasteiger partial charge in [-0.15, -0.1) is 0 Å². The van der Waals surface area contributed by atoms with E-state index >= 15 is 0 Å². The number of rotatable bonds is 4. The van der Waals surface area contributed by atoms with Gasteiger partial charge in [-0.05, 0) is 24.3 Å². The Morgan fingerprint density at radius 1 is 1.12 bits per heavy atom. The maximum absolute atomic E-state index is 12.1. The molecule has 24 heavy (non-hydrogen) atoms. The summed E-state index contributed by atoms with van der Waals surface area (Å²) >= 11 is 0.